The van der Waals surface area contributed by atoms with E-state index in [1.807, 2.05) is 0 Å². The average Bonchev–Trinajstić information content (AvgIpc) is 3.11. The molecule has 0 unspecified atom stereocenters. The van der Waals surface area contributed by atoms with E-state index < -0.39 is 11.7 Å². The van der Waals surface area contributed by atoms with Crippen LogP contribution in [-0.4, -0.2) is 17.1 Å². The summed E-state index contributed by atoms with van der Waals surface area (Å²) in [5, 5.41) is 6.56. The van der Waals surface area contributed by atoms with Crippen LogP contribution >= 0.6 is 0 Å². The Morgan fingerprint density at radius 1 is 1.35 bits per heavy atom. The topological polar surface area (TPSA) is 55.1 Å². The average molecular weight is 324 g/mol. The van der Waals surface area contributed by atoms with Gasteiger partial charge in [-0.15, -0.1) is 0 Å². The van der Waals surface area contributed by atoms with Crippen LogP contribution in [0.3, 0.4) is 0 Å². The highest BCUT2D eigenvalue weighted by atomic mass is 19.4. The molecule has 23 heavy (non-hydrogen) atoms. The number of rotatable bonds is 4. The zero-order valence-corrected chi connectivity index (χ0v) is 12.4. The van der Waals surface area contributed by atoms with Crippen molar-refractivity contribution in [3.8, 4) is 0 Å². The lowest BCUT2D eigenvalue weighted by atomic mass is 10.1. The first kappa shape index (κ1) is 15.6. The normalized spacial score (nSPS) is 20.3. The molecule has 1 N–H and O–H groups in total. The van der Waals surface area contributed by atoms with Crippen molar-refractivity contribution in [3.63, 3.8) is 0 Å². The van der Waals surface area contributed by atoms with Gasteiger partial charge in [0.05, 0.1) is 17.7 Å². The number of benzene rings is 1. The van der Waals surface area contributed by atoms with Gasteiger partial charge in [0.2, 0.25) is 5.91 Å². The Morgan fingerprint density at radius 3 is 2.61 bits per heavy atom. The van der Waals surface area contributed by atoms with Crippen molar-refractivity contribution in [2.75, 3.05) is 0 Å². The third kappa shape index (κ3) is 3.72. The summed E-state index contributed by atoms with van der Waals surface area (Å²) in [6.07, 6.45) is -3.49. The number of nitrogens with one attached hydrogen (secondary N) is 1. The van der Waals surface area contributed by atoms with E-state index in [1.165, 1.54) is 12.1 Å². The Kier molecular flexibility index (Phi) is 3.87. The van der Waals surface area contributed by atoms with Crippen LogP contribution in [0.5, 0.6) is 0 Å². The number of carbonyl (C=O) groups is 1. The fourth-order valence-electron chi connectivity index (χ4n) is 2.56. The molecule has 2 atom stereocenters. The third-order valence-corrected chi connectivity index (χ3v) is 3.81. The van der Waals surface area contributed by atoms with Crippen molar-refractivity contribution in [2.24, 2.45) is 0 Å². The second-order valence-corrected chi connectivity index (χ2v) is 5.75. The van der Waals surface area contributed by atoms with Gasteiger partial charge < -0.3 is 9.84 Å². The predicted octanol–water partition coefficient (Wildman–Crippen LogP) is 3.22. The van der Waals surface area contributed by atoms with E-state index in [4.69, 9.17) is 4.52 Å². The Hall–Kier alpha value is -2.31. The van der Waals surface area contributed by atoms with Crippen molar-refractivity contribution in [2.45, 2.75) is 37.9 Å². The monoisotopic (exact) mass is 324 g/mol. The molecule has 3 rings (SSSR count). The number of amides is 1. The Labute approximate surface area is 130 Å². The van der Waals surface area contributed by atoms with Gasteiger partial charge in [0.1, 0.15) is 5.76 Å². The molecule has 0 radical (unpaired) electrons. The Morgan fingerprint density at radius 2 is 2.04 bits per heavy atom. The van der Waals surface area contributed by atoms with Crippen LogP contribution in [0.1, 0.15) is 34.9 Å². The first-order valence-corrected chi connectivity index (χ1v) is 7.21. The molecule has 1 saturated carbocycles. The van der Waals surface area contributed by atoms with Crippen molar-refractivity contribution in [1.82, 2.24) is 10.5 Å². The quantitative estimate of drug-likeness (QED) is 0.939. The van der Waals surface area contributed by atoms with Gasteiger partial charge in [-0.2, -0.15) is 13.2 Å². The molecule has 1 amide bonds. The highest BCUT2D eigenvalue weighted by Crippen LogP contribution is 2.41. The van der Waals surface area contributed by atoms with Crippen LogP contribution < -0.4 is 5.32 Å². The van der Waals surface area contributed by atoms with Crippen LogP contribution in [0.2, 0.25) is 0 Å². The molecule has 1 aromatic heterocycles. The van der Waals surface area contributed by atoms with Crippen LogP contribution in [0, 0.1) is 6.92 Å². The zero-order valence-electron chi connectivity index (χ0n) is 12.4. The van der Waals surface area contributed by atoms with Crippen LogP contribution in [-0.2, 0) is 17.4 Å². The lowest BCUT2D eigenvalue weighted by molar-refractivity contribution is -0.137. The van der Waals surface area contributed by atoms with Crippen molar-refractivity contribution < 1.29 is 22.5 Å². The van der Waals surface area contributed by atoms with Gasteiger partial charge in [-0.1, -0.05) is 17.3 Å². The molecule has 122 valence electrons. The van der Waals surface area contributed by atoms with Gasteiger partial charge in [-0.05, 0) is 31.0 Å². The number of carbonyl (C=O) groups excluding carboxylic acids is 1. The van der Waals surface area contributed by atoms with Gasteiger partial charge in [0, 0.05) is 18.0 Å². The number of aromatic nitrogens is 1. The predicted molar refractivity (Wildman–Crippen MR) is 75.7 cm³/mol. The molecule has 1 aromatic carbocycles. The van der Waals surface area contributed by atoms with Gasteiger partial charge in [0.15, 0.2) is 0 Å². The van der Waals surface area contributed by atoms with E-state index in [2.05, 4.69) is 10.5 Å². The largest absolute Gasteiger partial charge is 0.416 e. The smallest absolute Gasteiger partial charge is 0.361 e. The molecular weight excluding hydrogens is 309 g/mol. The lowest BCUT2D eigenvalue weighted by Gasteiger charge is -2.08. The molecule has 7 heteroatoms. The molecule has 1 fully saturated rings. The lowest BCUT2D eigenvalue weighted by Crippen LogP contribution is -2.28. The minimum atomic E-state index is -4.33. The SMILES string of the molecule is Cc1cc(CC(=O)N[C@@H]2C[C@H]2c2ccc(C(F)(F)F)cc2)on1. The summed E-state index contributed by atoms with van der Waals surface area (Å²) >= 11 is 0. The molecule has 4 nitrogen and oxygen atoms in total. The summed E-state index contributed by atoms with van der Waals surface area (Å²) in [4.78, 5) is 11.9. The third-order valence-electron chi connectivity index (χ3n) is 3.81. The maximum absolute atomic E-state index is 12.5. The summed E-state index contributed by atoms with van der Waals surface area (Å²) in [5.74, 6) is 0.380. The van der Waals surface area contributed by atoms with Crippen LogP contribution in [0.4, 0.5) is 13.2 Å². The second-order valence-electron chi connectivity index (χ2n) is 5.75. The number of hydrogen-bond donors (Lipinski definition) is 1. The fraction of sp³-hybridized carbons (Fsp3) is 0.375. The number of hydrogen-bond acceptors (Lipinski definition) is 3. The fourth-order valence-corrected chi connectivity index (χ4v) is 2.56. The van der Waals surface area contributed by atoms with Gasteiger partial charge in [-0.3, -0.25) is 4.79 Å². The molecule has 0 aliphatic heterocycles. The molecule has 1 aliphatic rings. The molecule has 2 aromatic rings. The van der Waals surface area contributed by atoms with Crippen LogP contribution in [0.15, 0.2) is 34.9 Å². The molecule has 1 aliphatic carbocycles. The summed E-state index contributed by atoms with van der Waals surface area (Å²) in [5.41, 5.74) is 0.851. The Balaban J connectivity index is 1.54. The minimum absolute atomic E-state index is 0.0387. The van der Waals surface area contributed by atoms with E-state index in [-0.39, 0.29) is 24.3 Å². The minimum Gasteiger partial charge on any atom is -0.361 e. The molecule has 0 saturated heterocycles. The standard InChI is InChI=1S/C16H15F3N2O2/c1-9-6-12(23-21-9)7-15(22)20-14-8-13(14)10-2-4-11(5-3-10)16(17,18)19/h2-6,13-14H,7-8H2,1H3,(H,20,22)/t13-,14+/m0/s1. The number of nitrogens with zero attached hydrogens (tertiary/aromatic N) is 1. The summed E-state index contributed by atoms with van der Waals surface area (Å²) in [6.45, 7) is 1.77. The van der Waals surface area contributed by atoms with E-state index in [9.17, 15) is 18.0 Å². The Bertz CT molecular complexity index is 707. The second kappa shape index (κ2) is 5.72. The maximum atomic E-state index is 12.5. The highest BCUT2D eigenvalue weighted by molar-refractivity contribution is 5.78. The molecule has 0 bridgehead atoms. The summed E-state index contributed by atoms with van der Waals surface area (Å²) in [7, 11) is 0. The van der Waals surface area contributed by atoms with E-state index in [0.29, 0.717) is 11.5 Å². The van der Waals surface area contributed by atoms with Gasteiger partial charge >= 0.3 is 6.18 Å². The maximum Gasteiger partial charge on any atom is 0.416 e. The van der Waals surface area contributed by atoms with Gasteiger partial charge in [0.25, 0.3) is 0 Å². The van der Waals surface area contributed by atoms with E-state index in [0.717, 1.165) is 24.1 Å². The number of aryl methyl sites for hydroxylation is 1. The van der Waals surface area contributed by atoms with Crippen LogP contribution in [0.25, 0.3) is 0 Å². The molecule has 1 heterocycles. The first-order chi connectivity index (χ1) is 10.8. The number of alkyl halides is 3. The van der Waals surface area contributed by atoms with Gasteiger partial charge in [-0.25, -0.2) is 0 Å². The summed E-state index contributed by atoms with van der Waals surface area (Å²) in [6, 6.07) is 6.75. The zero-order chi connectivity index (χ0) is 16.6. The summed E-state index contributed by atoms with van der Waals surface area (Å²) < 4.78 is 42.5. The van der Waals surface area contributed by atoms with Crippen molar-refractivity contribution >= 4 is 5.91 Å². The molecular formula is C16H15F3N2O2. The van der Waals surface area contributed by atoms with Crippen molar-refractivity contribution in [1.29, 1.82) is 0 Å². The number of halogens is 3. The van der Waals surface area contributed by atoms with E-state index >= 15 is 0 Å². The van der Waals surface area contributed by atoms with Crippen molar-refractivity contribution in [3.05, 3.63) is 52.9 Å². The van der Waals surface area contributed by atoms with E-state index in [1.54, 1.807) is 13.0 Å². The first-order valence-electron chi connectivity index (χ1n) is 7.21. The molecule has 0 spiro atoms. The highest BCUT2D eigenvalue weighted by Gasteiger charge is 2.40.